The molecule has 112 valence electrons. The van der Waals surface area contributed by atoms with Crippen LogP contribution in [0.5, 0.6) is 0 Å². The third-order valence-corrected chi connectivity index (χ3v) is 5.17. The van der Waals surface area contributed by atoms with Crippen molar-refractivity contribution in [2.75, 3.05) is 0 Å². The smallest absolute Gasteiger partial charge is 0.305 e. The summed E-state index contributed by atoms with van der Waals surface area (Å²) in [5.74, 6) is 0. The molecule has 1 aliphatic carbocycles. The summed E-state index contributed by atoms with van der Waals surface area (Å²) in [5.41, 5.74) is 2.81. The Morgan fingerprint density at radius 2 is 1.95 bits per heavy atom. The third kappa shape index (κ3) is 2.46. The molecule has 0 amide bonds. The number of nitrogens with one attached hydrogen (secondary N) is 2. The van der Waals surface area contributed by atoms with Gasteiger partial charge in [0.25, 0.3) is 0 Å². The van der Waals surface area contributed by atoms with Gasteiger partial charge in [0.05, 0.1) is 16.7 Å². The summed E-state index contributed by atoms with van der Waals surface area (Å²) in [6, 6.07) is 15.8. The number of hydrogen-bond donors (Lipinski definition) is 2. The first-order valence-electron chi connectivity index (χ1n) is 7.39. The fraction of sp³-hybridized carbons (Fsp3) is 0.235. The van der Waals surface area contributed by atoms with Gasteiger partial charge in [-0.3, -0.25) is 9.29 Å². The molecule has 2 N–H and O–H groups in total. The lowest BCUT2D eigenvalue weighted by Crippen LogP contribution is -2.19. The number of hydrogen-bond acceptors (Lipinski definition) is 3. The number of para-hydroxylation sites is 1. The standard InChI is InChI=1S/C17H17N3OS/c1-17(9-10-17)19-22-13-7-8-14-15(11-13)20(16(21)18-14)12-5-3-2-4-6-12/h2-8,11,19H,9-10H2,1H3,(H,18,21). The fourth-order valence-electron chi connectivity index (χ4n) is 2.45. The Kier molecular flexibility index (Phi) is 3.13. The van der Waals surface area contributed by atoms with Gasteiger partial charge >= 0.3 is 5.69 Å². The van der Waals surface area contributed by atoms with Gasteiger partial charge < -0.3 is 4.98 Å². The Morgan fingerprint density at radius 1 is 1.18 bits per heavy atom. The van der Waals surface area contributed by atoms with Crippen molar-refractivity contribution >= 4 is 23.0 Å². The van der Waals surface area contributed by atoms with Crippen LogP contribution in [-0.4, -0.2) is 15.1 Å². The minimum atomic E-state index is -0.106. The zero-order valence-corrected chi connectivity index (χ0v) is 13.1. The molecule has 4 rings (SSSR count). The van der Waals surface area contributed by atoms with Crippen molar-refractivity contribution in [3.05, 3.63) is 59.0 Å². The largest absolute Gasteiger partial charge is 0.331 e. The minimum absolute atomic E-state index is 0.106. The molecular formula is C17H17N3OS. The number of aromatic amines is 1. The van der Waals surface area contributed by atoms with E-state index >= 15 is 0 Å². The first-order chi connectivity index (χ1) is 10.6. The molecule has 0 aliphatic heterocycles. The van der Waals surface area contributed by atoms with E-state index in [0.717, 1.165) is 21.6 Å². The maximum atomic E-state index is 12.3. The minimum Gasteiger partial charge on any atom is -0.305 e. The Balaban J connectivity index is 1.76. The number of rotatable bonds is 4. The predicted octanol–water partition coefficient (Wildman–Crippen LogP) is 3.47. The van der Waals surface area contributed by atoms with E-state index in [1.807, 2.05) is 42.5 Å². The van der Waals surface area contributed by atoms with Crippen LogP contribution in [0.2, 0.25) is 0 Å². The lowest BCUT2D eigenvalue weighted by molar-refractivity contribution is 0.701. The fourth-order valence-corrected chi connectivity index (χ4v) is 3.33. The number of H-pyrrole nitrogens is 1. The van der Waals surface area contributed by atoms with E-state index in [2.05, 4.69) is 22.7 Å². The highest BCUT2D eigenvalue weighted by atomic mass is 32.2. The molecule has 22 heavy (non-hydrogen) atoms. The molecule has 0 saturated heterocycles. The van der Waals surface area contributed by atoms with Gasteiger partial charge in [-0.15, -0.1) is 0 Å². The van der Waals surface area contributed by atoms with Gasteiger partial charge in [0.2, 0.25) is 0 Å². The van der Waals surface area contributed by atoms with E-state index in [1.54, 1.807) is 16.5 Å². The van der Waals surface area contributed by atoms with E-state index in [4.69, 9.17) is 0 Å². The van der Waals surface area contributed by atoms with Gasteiger partial charge in [-0.25, -0.2) is 4.79 Å². The van der Waals surface area contributed by atoms with E-state index in [1.165, 1.54) is 12.8 Å². The van der Waals surface area contributed by atoms with Crippen LogP contribution in [0.1, 0.15) is 19.8 Å². The number of aromatic nitrogens is 2. The molecule has 1 heterocycles. The Morgan fingerprint density at radius 3 is 2.68 bits per heavy atom. The monoisotopic (exact) mass is 311 g/mol. The van der Waals surface area contributed by atoms with Crippen LogP contribution < -0.4 is 10.4 Å². The van der Waals surface area contributed by atoms with Crippen LogP contribution in [0, 0.1) is 0 Å². The second-order valence-corrected chi connectivity index (χ2v) is 6.92. The number of nitrogens with zero attached hydrogens (tertiary/aromatic N) is 1. The summed E-state index contributed by atoms with van der Waals surface area (Å²) in [7, 11) is 0. The van der Waals surface area contributed by atoms with E-state index in [0.29, 0.717) is 0 Å². The number of fused-ring (bicyclic) bond motifs is 1. The van der Waals surface area contributed by atoms with Gasteiger partial charge in [-0.1, -0.05) is 18.2 Å². The molecule has 0 spiro atoms. The summed E-state index contributed by atoms with van der Waals surface area (Å²) in [6.45, 7) is 2.23. The molecule has 4 nitrogen and oxygen atoms in total. The molecule has 3 aromatic rings. The van der Waals surface area contributed by atoms with Crippen molar-refractivity contribution in [1.82, 2.24) is 14.3 Å². The molecular weight excluding hydrogens is 294 g/mol. The summed E-state index contributed by atoms with van der Waals surface area (Å²) in [6.07, 6.45) is 2.45. The summed E-state index contributed by atoms with van der Waals surface area (Å²) in [4.78, 5) is 16.3. The third-order valence-electron chi connectivity index (χ3n) is 4.08. The van der Waals surface area contributed by atoms with E-state index in [-0.39, 0.29) is 11.2 Å². The normalized spacial score (nSPS) is 16.0. The van der Waals surface area contributed by atoms with Crippen molar-refractivity contribution < 1.29 is 0 Å². The molecule has 5 heteroatoms. The summed E-state index contributed by atoms with van der Waals surface area (Å²) >= 11 is 1.64. The average molecular weight is 311 g/mol. The molecule has 1 aliphatic rings. The number of benzene rings is 2. The molecule has 0 unspecified atom stereocenters. The average Bonchev–Trinajstić information content (AvgIpc) is 3.17. The highest BCUT2D eigenvalue weighted by Crippen LogP contribution is 2.37. The van der Waals surface area contributed by atoms with Crippen molar-refractivity contribution in [3.8, 4) is 5.69 Å². The second-order valence-electron chi connectivity index (χ2n) is 6.04. The van der Waals surface area contributed by atoms with Crippen molar-refractivity contribution in [3.63, 3.8) is 0 Å². The summed E-state index contributed by atoms with van der Waals surface area (Å²) < 4.78 is 5.22. The van der Waals surface area contributed by atoms with Crippen molar-refractivity contribution in [2.45, 2.75) is 30.2 Å². The van der Waals surface area contributed by atoms with Gasteiger partial charge in [-0.2, -0.15) is 0 Å². The van der Waals surface area contributed by atoms with Crippen LogP contribution in [0.4, 0.5) is 0 Å². The van der Waals surface area contributed by atoms with Gasteiger partial charge in [0.15, 0.2) is 0 Å². The maximum absolute atomic E-state index is 12.3. The Labute approximate surface area is 132 Å². The van der Waals surface area contributed by atoms with Crippen molar-refractivity contribution in [1.29, 1.82) is 0 Å². The van der Waals surface area contributed by atoms with Crippen molar-refractivity contribution in [2.24, 2.45) is 0 Å². The predicted molar refractivity (Wildman–Crippen MR) is 90.5 cm³/mol. The van der Waals surface area contributed by atoms with Crippen LogP contribution in [0.15, 0.2) is 58.2 Å². The zero-order chi connectivity index (χ0) is 15.2. The van der Waals surface area contributed by atoms with Crippen LogP contribution >= 0.6 is 11.9 Å². The molecule has 1 fully saturated rings. The topological polar surface area (TPSA) is 49.8 Å². The molecule has 1 aromatic heterocycles. The first-order valence-corrected chi connectivity index (χ1v) is 8.21. The van der Waals surface area contributed by atoms with Crippen LogP contribution in [-0.2, 0) is 0 Å². The SMILES string of the molecule is CC1(NSc2ccc3[nH]c(=O)n(-c4ccccc4)c3c2)CC1. The highest BCUT2D eigenvalue weighted by Gasteiger charge is 2.37. The molecule has 0 atom stereocenters. The van der Waals surface area contributed by atoms with Gasteiger partial charge in [0, 0.05) is 10.4 Å². The maximum Gasteiger partial charge on any atom is 0.331 e. The van der Waals surface area contributed by atoms with E-state index in [9.17, 15) is 4.79 Å². The molecule has 0 bridgehead atoms. The summed E-state index contributed by atoms with van der Waals surface area (Å²) in [5, 5.41) is 0. The van der Waals surface area contributed by atoms with E-state index < -0.39 is 0 Å². The lowest BCUT2D eigenvalue weighted by Gasteiger charge is -2.10. The number of imidazole rings is 1. The molecule has 0 radical (unpaired) electrons. The zero-order valence-electron chi connectivity index (χ0n) is 12.3. The highest BCUT2D eigenvalue weighted by molar-refractivity contribution is 7.97. The molecule has 1 saturated carbocycles. The second kappa shape index (κ2) is 5.04. The Bertz CT molecular complexity index is 878. The first kappa shape index (κ1) is 13.7. The van der Waals surface area contributed by atoms with Crippen LogP contribution in [0.3, 0.4) is 0 Å². The van der Waals surface area contributed by atoms with Gasteiger partial charge in [-0.05, 0) is 62.0 Å². The molecule has 2 aromatic carbocycles. The lowest BCUT2D eigenvalue weighted by atomic mass is 10.3. The van der Waals surface area contributed by atoms with Gasteiger partial charge in [0.1, 0.15) is 0 Å². The Hall–Kier alpha value is -1.98. The van der Waals surface area contributed by atoms with Crippen LogP contribution in [0.25, 0.3) is 16.7 Å². The quantitative estimate of drug-likeness (QED) is 0.725.